The number of H-pyrrole nitrogens is 1. The topological polar surface area (TPSA) is 153 Å². The van der Waals surface area contributed by atoms with Crippen molar-refractivity contribution in [2.45, 2.75) is 0 Å². The van der Waals surface area contributed by atoms with Crippen LogP contribution in [-0.4, -0.2) is 31.0 Å². The lowest BCUT2D eigenvalue weighted by Crippen LogP contribution is -2.29. The number of hydrogen-bond acceptors (Lipinski definition) is 8. The Morgan fingerprint density at radius 2 is 1.97 bits per heavy atom. The summed E-state index contributed by atoms with van der Waals surface area (Å²) in [5.41, 5.74) is 7.14. The van der Waals surface area contributed by atoms with Gasteiger partial charge in [0.1, 0.15) is 5.69 Å². The van der Waals surface area contributed by atoms with Gasteiger partial charge in [-0.25, -0.2) is 4.98 Å². The summed E-state index contributed by atoms with van der Waals surface area (Å²) >= 11 is 1.24. The SMILES string of the molecule is O=C(NNc1nc(-c2ccc(O)c(O)c2)cs1)c1cc2cc([N+](=O)[O-])ccc2[nH]1. The highest BCUT2D eigenvalue weighted by atomic mass is 32.1. The van der Waals surface area contributed by atoms with E-state index in [2.05, 4.69) is 20.8 Å². The zero-order valence-corrected chi connectivity index (χ0v) is 15.4. The van der Waals surface area contributed by atoms with Gasteiger partial charge in [0.2, 0.25) is 5.13 Å². The molecule has 0 atom stereocenters. The molecule has 0 fully saturated rings. The molecule has 11 heteroatoms. The molecule has 5 N–H and O–H groups in total. The van der Waals surface area contributed by atoms with Crippen molar-refractivity contribution < 1.29 is 19.9 Å². The summed E-state index contributed by atoms with van der Waals surface area (Å²) in [6.45, 7) is 0. The maximum Gasteiger partial charge on any atom is 0.286 e. The quantitative estimate of drug-likeness (QED) is 0.192. The third-order valence-electron chi connectivity index (χ3n) is 4.12. The van der Waals surface area contributed by atoms with Crippen molar-refractivity contribution in [2.75, 3.05) is 5.43 Å². The number of aromatic nitrogens is 2. The first-order valence-corrected chi connectivity index (χ1v) is 9.10. The van der Waals surface area contributed by atoms with E-state index in [1.165, 1.54) is 47.7 Å². The Labute approximate surface area is 166 Å². The maximum absolute atomic E-state index is 12.3. The van der Waals surface area contributed by atoms with Gasteiger partial charge in [0.05, 0.1) is 10.6 Å². The van der Waals surface area contributed by atoms with Crippen LogP contribution in [0.2, 0.25) is 0 Å². The Hall–Kier alpha value is -4.12. The van der Waals surface area contributed by atoms with Crippen molar-refractivity contribution in [2.24, 2.45) is 0 Å². The number of nitrogens with one attached hydrogen (secondary N) is 3. The van der Waals surface area contributed by atoms with E-state index in [1.807, 2.05) is 0 Å². The van der Waals surface area contributed by atoms with E-state index in [0.29, 0.717) is 27.3 Å². The highest BCUT2D eigenvalue weighted by molar-refractivity contribution is 7.14. The average Bonchev–Trinajstić information content (AvgIpc) is 3.34. The third-order valence-corrected chi connectivity index (χ3v) is 4.88. The largest absolute Gasteiger partial charge is 0.504 e. The fraction of sp³-hybridized carbons (Fsp3) is 0. The van der Waals surface area contributed by atoms with Crippen LogP contribution in [0.3, 0.4) is 0 Å². The smallest absolute Gasteiger partial charge is 0.286 e. The number of fused-ring (bicyclic) bond motifs is 1. The number of anilines is 1. The number of carbonyl (C=O) groups is 1. The summed E-state index contributed by atoms with van der Waals surface area (Å²) < 4.78 is 0. The van der Waals surface area contributed by atoms with Crippen molar-refractivity contribution in [3.8, 4) is 22.8 Å². The lowest BCUT2D eigenvalue weighted by Gasteiger charge is -2.04. The van der Waals surface area contributed by atoms with Gasteiger partial charge in [0, 0.05) is 34.0 Å². The van der Waals surface area contributed by atoms with Gasteiger partial charge < -0.3 is 15.2 Å². The minimum atomic E-state index is -0.498. The Morgan fingerprint density at radius 1 is 1.14 bits per heavy atom. The minimum Gasteiger partial charge on any atom is -0.504 e. The van der Waals surface area contributed by atoms with Gasteiger partial charge in [0.15, 0.2) is 11.5 Å². The molecule has 29 heavy (non-hydrogen) atoms. The number of amides is 1. The average molecular weight is 411 g/mol. The molecule has 10 nitrogen and oxygen atoms in total. The second kappa shape index (κ2) is 7.13. The van der Waals surface area contributed by atoms with Crippen molar-refractivity contribution in [3.05, 3.63) is 63.7 Å². The number of thiazole rings is 1. The van der Waals surface area contributed by atoms with Crippen molar-refractivity contribution >= 4 is 39.0 Å². The van der Waals surface area contributed by atoms with Crippen molar-refractivity contribution in [1.82, 2.24) is 15.4 Å². The van der Waals surface area contributed by atoms with E-state index in [-0.39, 0.29) is 22.9 Å². The number of hydrogen-bond donors (Lipinski definition) is 5. The number of hydrazine groups is 1. The van der Waals surface area contributed by atoms with Gasteiger partial charge in [-0.2, -0.15) is 0 Å². The van der Waals surface area contributed by atoms with E-state index in [1.54, 1.807) is 11.4 Å². The number of nitro benzene ring substituents is 1. The Morgan fingerprint density at radius 3 is 2.72 bits per heavy atom. The second-order valence-corrected chi connectivity index (χ2v) is 6.89. The Bertz CT molecular complexity index is 1250. The van der Waals surface area contributed by atoms with E-state index in [9.17, 15) is 25.1 Å². The number of nitrogens with zero attached hydrogens (tertiary/aromatic N) is 2. The predicted molar refractivity (Wildman–Crippen MR) is 107 cm³/mol. The van der Waals surface area contributed by atoms with Crippen LogP contribution in [0.15, 0.2) is 47.8 Å². The number of non-ortho nitro benzene ring substituents is 1. The first kappa shape index (κ1) is 18.3. The number of nitro groups is 1. The highest BCUT2D eigenvalue weighted by Crippen LogP contribution is 2.32. The third kappa shape index (κ3) is 3.66. The summed E-state index contributed by atoms with van der Waals surface area (Å²) in [7, 11) is 0. The van der Waals surface area contributed by atoms with Gasteiger partial charge in [-0.15, -0.1) is 11.3 Å². The first-order chi connectivity index (χ1) is 13.9. The van der Waals surface area contributed by atoms with Gasteiger partial charge in [-0.05, 0) is 30.3 Å². The molecule has 2 aromatic heterocycles. The Kier molecular flexibility index (Phi) is 4.49. The lowest BCUT2D eigenvalue weighted by atomic mass is 10.1. The Balaban J connectivity index is 1.46. The summed E-state index contributed by atoms with van der Waals surface area (Å²) in [4.78, 5) is 29.9. The summed E-state index contributed by atoms with van der Waals surface area (Å²) in [5, 5.41) is 32.5. The zero-order valence-electron chi connectivity index (χ0n) is 14.5. The van der Waals surface area contributed by atoms with Crippen molar-refractivity contribution in [1.29, 1.82) is 0 Å². The van der Waals surface area contributed by atoms with Crippen molar-refractivity contribution in [3.63, 3.8) is 0 Å². The van der Waals surface area contributed by atoms with Gasteiger partial charge in [-0.1, -0.05) is 0 Å². The maximum atomic E-state index is 12.3. The number of aromatic amines is 1. The van der Waals surface area contributed by atoms with E-state index in [0.717, 1.165) is 0 Å². The summed E-state index contributed by atoms with van der Waals surface area (Å²) in [5.74, 6) is -0.946. The molecule has 0 unspecified atom stereocenters. The molecule has 0 saturated heterocycles. The molecule has 1 amide bonds. The first-order valence-electron chi connectivity index (χ1n) is 8.22. The minimum absolute atomic E-state index is 0.0582. The number of phenols is 2. The van der Waals surface area contributed by atoms with Crippen LogP contribution in [0.4, 0.5) is 10.8 Å². The van der Waals surface area contributed by atoms with Crippen LogP contribution < -0.4 is 10.9 Å². The normalized spacial score (nSPS) is 10.8. The van der Waals surface area contributed by atoms with Crippen LogP contribution in [0, 0.1) is 10.1 Å². The highest BCUT2D eigenvalue weighted by Gasteiger charge is 2.13. The second-order valence-electron chi connectivity index (χ2n) is 6.03. The molecular weight excluding hydrogens is 398 g/mol. The molecule has 0 bridgehead atoms. The number of phenolic OH excluding ortho intramolecular Hbond substituents is 2. The molecule has 0 saturated carbocycles. The molecule has 2 heterocycles. The molecule has 0 spiro atoms. The summed E-state index contributed by atoms with van der Waals surface area (Å²) in [6.07, 6.45) is 0. The van der Waals surface area contributed by atoms with E-state index >= 15 is 0 Å². The number of rotatable bonds is 5. The van der Waals surface area contributed by atoms with Gasteiger partial charge >= 0.3 is 0 Å². The molecular formula is C18H13N5O5S. The molecule has 146 valence electrons. The van der Waals surface area contributed by atoms with E-state index in [4.69, 9.17) is 0 Å². The summed E-state index contributed by atoms with van der Waals surface area (Å²) in [6, 6.07) is 10.2. The molecule has 4 rings (SSSR count). The molecule has 2 aromatic carbocycles. The number of aromatic hydroxyl groups is 2. The van der Waals surface area contributed by atoms with Gasteiger partial charge in [-0.3, -0.25) is 25.8 Å². The van der Waals surface area contributed by atoms with Crippen LogP contribution in [0.1, 0.15) is 10.5 Å². The van der Waals surface area contributed by atoms with E-state index < -0.39 is 10.8 Å². The molecule has 4 aromatic rings. The number of benzene rings is 2. The van der Waals surface area contributed by atoms with Crippen LogP contribution in [0.25, 0.3) is 22.2 Å². The van der Waals surface area contributed by atoms with Crippen LogP contribution >= 0.6 is 11.3 Å². The number of carbonyl (C=O) groups excluding carboxylic acids is 1. The standard InChI is InChI=1S/C18H13N5O5S/c24-15-4-1-9(7-16(15)25)14-8-29-18(20-14)22-21-17(26)13-6-10-5-11(23(27)28)2-3-12(10)19-13/h1-8,19,24-25H,(H,20,22)(H,21,26). The molecule has 0 aliphatic heterocycles. The zero-order chi connectivity index (χ0) is 20.5. The predicted octanol–water partition coefficient (Wildman–Crippen LogP) is 3.37. The molecule has 0 aliphatic carbocycles. The lowest BCUT2D eigenvalue weighted by molar-refractivity contribution is -0.384. The van der Waals surface area contributed by atoms with Gasteiger partial charge in [0.25, 0.3) is 11.6 Å². The molecule has 0 radical (unpaired) electrons. The van der Waals surface area contributed by atoms with Crippen LogP contribution in [-0.2, 0) is 0 Å². The van der Waals surface area contributed by atoms with Crippen LogP contribution in [0.5, 0.6) is 11.5 Å². The fourth-order valence-corrected chi connectivity index (χ4v) is 3.35. The fourth-order valence-electron chi connectivity index (χ4n) is 2.68. The molecule has 0 aliphatic rings. The monoisotopic (exact) mass is 411 g/mol.